The Morgan fingerprint density at radius 3 is 1.28 bits per heavy atom. The quantitative estimate of drug-likeness (QED) is 0.321. The molecule has 0 unspecified atom stereocenters. The van der Waals surface area contributed by atoms with Crippen molar-refractivity contribution < 1.29 is 63.7 Å². The molecule has 0 saturated carbocycles. The van der Waals surface area contributed by atoms with Gasteiger partial charge in [-0.1, -0.05) is 0 Å². The number of hydrogen-bond acceptors (Lipinski definition) is 8. The minimum Gasteiger partial charge on any atom is -0.481 e. The third-order valence-electron chi connectivity index (χ3n) is 1.29. The van der Waals surface area contributed by atoms with Gasteiger partial charge in [0.25, 0.3) is 0 Å². The third kappa shape index (κ3) is 12.6. The lowest BCUT2D eigenvalue weighted by Crippen LogP contribution is -2.58. The van der Waals surface area contributed by atoms with E-state index in [1.807, 2.05) is 0 Å². The second-order valence-electron chi connectivity index (χ2n) is 2.87. The molecule has 18 heavy (non-hydrogen) atoms. The largest absolute Gasteiger partial charge is 0.481 e. The molecule has 0 fully saturated rings. The molecule has 0 radical (unpaired) electrons. The molecule has 5 N–H and O–H groups in total. The summed E-state index contributed by atoms with van der Waals surface area (Å²) < 4.78 is 32.7. The van der Waals surface area contributed by atoms with Crippen molar-refractivity contribution >= 4 is 17.9 Å². The van der Waals surface area contributed by atoms with Gasteiger partial charge in [0.15, 0.2) is 5.60 Å². The van der Waals surface area contributed by atoms with Crippen molar-refractivity contribution in [2.75, 3.05) is 0 Å². The minimum atomic E-state index is -4.69. The van der Waals surface area contributed by atoms with E-state index < -0.39 is 46.6 Å². The number of hydrogen-bond donors (Lipinski definition) is 5. The summed E-state index contributed by atoms with van der Waals surface area (Å²) in [4.78, 5) is 30.5. The molecule has 0 rings (SSSR count). The van der Waals surface area contributed by atoms with E-state index in [2.05, 4.69) is 0 Å². The molecule has 0 atom stereocenters. The molecule has 0 amide bonds. The number of halogens is 1. The lowest BCUT2D eigenvalue weighted by atomic mass is 9.96. The Balaban J connectivity index is 0. The van der Waals surface area contributed by atoms with Gasteiger partial charge in [-0.15, -0.1) is 0 Å². The van der Waals surface area contributed by atoms with Crippen LogP contribution >= 0.6 is 0 Å². The van der Waals surface area contributed by atoms with Crippen molar-refractivity contribution in [2.45, 2.75) is 18.4 Å². The maximum Gasteiger partial charge on any atom is 0.336 e. The second kappa shape index (κ2) is 7.05. The predicted molar refractivity (Wildman–Crippen MR) is 39.3 cm³/mol. The Morgan fingerprint density at radius 2 is 1.17 bits per heavy atom. The number of rotatable bonds is 5. The van der Waals surface area contributed by atoms with Crippen LogP contribution in [-0.2, 0) is 14.4 Å². The van der Waals surface area contributed by atoms with Crippen LogP contribution in [0.1, 0.15) is 12.8 Å². The molecule has 0 aromatic heterocycles. The smallest absolute Gasteiger partial charge is 0.336 e. The van der Waals surface area contributed by atoms with Gasteiger partial charge in [0.2, 0.25) is 0 Å². The summed E-state index contributed by atoms with van der Waals surface area (Å²) >= 11 is 0. The van der Waals surface area contributed by atoms with Crippen LogP contribution in [0.15, 0.2) is 0 Å². The molecule has 12 heteroatoms. The van der Waals surface area contributed by atoms with Crippen LogP contribution in [0, 0.1) is 10.2 Å². The monoisotopic (exact) mass is 292 g/mol. The molecule has 0 spiro atoms. The standard InChI is InChI=1S/C6H8O7.ClHO4/c7-3(8)1-6(13,5(11)12)2-4(9)10;2-1(3,4)5/h13H,1-2H2,(H,7,8)(H,9,10)(H,11,12);(H,2,3,4,5). The molecular formula is C6H9ClO11. The molecule has 0 aliphatic heterocycles. The normalized spacial score (nSPS) is 11.2. The van der Waals surface area contributed by atoms with Gasteiger partial charge >= 0.3 is 17.9 Å². The number of aliphatic hydroxyl groups is 1. The Morgan fingerprint density at radius 1 is 0.944 bits per heavy atom. The van der Waals surface area contributed by atoms with E-state index in [9.17, 15) is 14.4 Å². The first-order valence-electron chi connectivity index (χ1n) is 3.80. The van der Waals surface area contributed by atoms with E-state index in [0.29, 0.717) is 0 Å². The predicted octanol–water partition coefficient (Wildman–Crippen LogP) is -5.37. The number of aliphatic carboxylic acids is 3. The minimum absolute atomic E-state index is 1.14. The van der Waals surface area contributed by atoms with Crippen LogP contribution in [0.4, 0.5) is 0 Å². The van der Waals surface area contributed by atoms with Crippen molar-refractivity contribution in [3.05, 3.63) is 0 Å². The highest BCUT2D eigenvalue weighted by Gasteiger charge is 2.40. The number of carboxylic acids is 3. The maximum absolute atomic E-state index is 10.3. The first-order chi connectivity index (χ1) is 7.78. The molecule has 0 bridgehead atoms. The fraction of sp³-hybridized carbons (Fsp3) is 0.500. The Kier molecular flexibility index (Phi) is 7.38. The first-order valence-corrected chi connectivity index (χ1v) is 5.07. The highest BCUT2D eigenvalue weighted by Crippen LogP contribution is 2.15. The lowest BCUT2D eigenvalue weighted by molar-refractivity contribution is -1.92. The van der Waals surface area contributed by atoms with E-state index in [1.165, 1.54) is 0 Å². The number of carbonyl (C=O) groups is 3. The average Bonchev–Trinajstić information content (AvgIpc) is 1.95. The summed E-state index contributed by atoms with van der Waals surface area (Å²) in [5.74, 6) is -5.02. The SMILES string of the molecule is O=C(O)CC(O)(CC(=O)O)C(=O)O.[O-][Cl+3]([O-])([O-])O. The maximum atomic E-state index is 10.3. The molecule has 0 aromatic rings. The zero-order valence-electron chi connectivity index (χ0n) is 8.48. The van der Waals surface area contributed by atoms with Gasteiger partial charge in [0, 0.05) is 0 Å². The number of carboxylic acid groups (broad SMARTS) is 3. The van der Waals surface area contributed by atoms with Crippen LogP contribution in [-0.4, -0.2) is 48.6 Å². The van der Waals surface area contributed by atoms with Gasteiger partial charge in [0.1, 0.15) is 0 Å². The van der Waals surface area contributed by atoms with Crippen molar-refractivity contribution in [1.82, 2.24) is 0 Å². The molecule has 11 nitrogen and oxygen atoms in total. The summed E-state index contributed by atoms with van der Waals surface area (Å²) in [6.07, 6.45) is -2.29. The van der Waals surface area contributed by atoms with Crippen LogP contribution in [0.3, 0.4) is 0 Å². The Hall–Kier alpha value is -1.50. The van der Waals surface area contributed by atoms with Gasteiger partial charge in [-0.2, -0.15) is 14.0 Å². The fourth-order valence-corrected chi connectivity index (χ4v) is 0.714. The Labute approximate surface area is 101 Å². The van der Waals surface area contributed by atoms with E-state index >= 15 is 0 Å². The van der Waals surface area contributed by atoms with Crippen LogP contribution in [0.5, 0.6) is 0 Å². The van der Waals surface area contributed by atoms with Gasteiger partial charge < -0.3 is 20.4 Å². The van der Waals surface area contributed by atoms with Crippen molar-refractivity contribution in [2.24, 2.45) is 0 Å². The highest BCUT2D eigenvalue weighted by atomic mass is 35.7. The summed E-state index contributed by atoms with van der Waals surface area (Å²) in [5, 5.41) is 33.8. The molecule has 0 saturated heterocycles. The van der Waals surface area contributed by atoms with E-state index in [1.54, 1.807) is 0 Å². The average molecular weight is 293 g/mol. The molecular weight excluding hydrogens is 284 g/mol. The summed E-state index contributed by atoms with van der Waals surface area (Å²) in [5.41, 5.74) is -2.74. The zero-order valence-corrected chi connectivity index (χ0v) is 9.23. The highest BCUT2D eigenvalue weighted by molar-refractivity contribution is 5.88. The van der Waals surface area contributed by atoms with Crippen molar-refractivity contribution in [1.29, 1.82) is 0 Å². The molecule has 0 aliphatic carbocycles. The fourth-order valence-electron chi connectivity index (χ4n) is 0.714. The van der Waals surface area contributed by atoms with Gasteiger partial charge in [-0.25, -0.2) is 4.79 Å². The van der Waals surface area contributed by atoms with Crippen LogP contribution < -0.4 is 14.0 Å². The third-order valence-corrected chi connectivity index (χ3v) is 1.29. The molecule has 0 heterocycles. The molecule has 106 valence electrons. The van der Waals surface area contributed by atoms with Gasteiger partial charge in [0.05, 0.1) is 27.7 Å². The van der Waals surface area contributed by atoms with E-state index in [4.69, 9.17) is 39.1 Å². The Bertz CT molecular complexity index is 296. The molecule has 0 aliphatic rings. The summed E-state index contributed by atoms with van der Waals surface area (Å²) in [6, 6.07) is 0. The lowest BCUT2D eigenvalue weighted by Gasteiger charge is -2.18. The van der Waals surface area contributed by atoms with Gasteiger partial charge in [-0.3, -0.25) is 9.59 Å². The second-order valence-corrected chi connectivity index (χ2v) is 3.67. The van der Waals surface area contributed by atoms with Crippen LogP contribution in [0.25, 0.3) is 0 Å². The molecule has 0 aromatic carbocycles. The summed E-state index contributed by atoms with van der Waals surface area (Å²) in [7, 11) is -4.69. The first kappa shape index (κ1) is 18.9. The van der Waals surface area contributed by atoms with Crippen molar-refractivity contribution in [3.63, 3.8) is 0 Å². The zero-order chi connectivity index (χ0) is 15.1. The topological polar surface area (TPSA) is 222 Å². The van der Waals surface area contributed by atoms with Gasteiger partial charge in [-0.05, 0) is 0 Å². The summed E-state index contributed by atoms with van der Waals surface area (Å²) in [6.45, 7) is 0. The van der Waals surface area contributed by atoms with Crippen LogP contribution in [0.2, 0.25) is 0 Å². The van der Waals surface area contributed by atoms with E-state index in [-0.39, 0.29) is 0 Å². The van der Waals surface area contributed by atoms with Crippen molar-refractivity contribution in [3.8, 4) is 0 Å². The van der Waals surface area contributed by atoms with E-state index in [0.717, 1.165) is 0 Å².